The average molecular weight is 313 g/mol. The number of hydrogen-bond acceptors (Lipinski definition) is 3. The van der Waals surface area contributed by atoms with E-state index in [1.54, 1.807) is 24.1 Å². The molecule has 0 fully saturated rings. The van der Waals surface area contributed by atoms with Gasteiger partial charge < -0.3 is 10.1 Å². The van der Waals surface area contributed by atoms with Gasteiger partial charge in [-0.05, 0) is 18.9 Å². The highest BCUT2D eigenvalue weighted by Crippen LogP contribution is 2.25. The average Bonchev–Trinajstić information content (AvgIpc) is 2.94. The quantitative estimate of drug-likeness (QED) is 0.800. The molecule has 0 saturated heterocycles. The van der Waals surface area contributed by atoms with Gasteiger partial charge in [-0.3, -0.25) is 9.48 Å². The first-order chi connectivity index (χ1) is 11.1. The summed E-state index contributed by atoms with van der Waals surface area (Å²) in [7, 11) is 3.42. The predicted molar refractivity (Wildman–Crippen MR) is 90.3 cm³/mol. The van der Waals surface area contributed by atoms with Crippen LogP contribution in [0.4, 0.5) is 0 Å². The molecule has 122 valence electrons. The normalized spacial score (nSPS) is 13.2. The largest absolute Gasteiger partial charge is 0.493 e. The van der Waals surface area contributed by atoms with Crippen LogP contribution < -0.4 is 10.1 Å². The number of nitrogens with one attached hydrogen (secondary N) is 1. The number of methoxy groups -OCH3 is 1. The molecule has 2 unspecified atom stereocenters. The number of aryl methyl sites for hydroxylation is 1. The molecule has 1 heterocycles. The van der Waals surface area contributed by atoms with Gasteiger partial charge in [0.2, 0.25) is 5.91 Å². The first kappa shape index (κ1) is 16.8. The number of amides is 1. The van der Waals surface area contributed by atoms with E-state index in [2.05, 4.69) is 17.0 Å². The van der Waals surface area contributed by atoms with Crippen molar-refractivity contribution in [3.05, 3.63) is 60.4 Å². The Morgan fingerprint density at radius 1 is 1.43 bits per heavy atom. The van der Waals surface area contributed by atoms with Gasteiger partial charge in [0.1, 0.15) is 5.69 Å². The van der Waals surface area contributed by atoms with Gasteiger partial charge in [0.15, 0.2) is 5.75 Å². The monoisotopic (exact) mass is 313 g/mol. The van der Waals surface area contributed by atoms with Gasteiger partial charge in [0, 0.05) is 7.05 Å². The molecule has 1 aromatic heterocycles. The zero-order chi connectivity index (χ0) is 16.8. The smallest absolute Gasteiger partial charge is 0.228 e. The standard InChI is InChI=1S/C18H23N3O2/c1-5-9-15(14-10-7-6-8-11-14)18(22)19-13(2)17-16(23-4)12-21(3)20-17/h5-8,10-13,15H,1,9H2,2-4H3,(H,19,22). The summed E-state index contributed by atoms with van der Waals surface area (Å²) < 4.78 is 6.99. The summed E-state index contributed by atoms with van der Waals surface area (Å²) in [6.07, 6.45) is 4.14. The summed E-state index contributed by atoms with van der Waals surface area (Å²) in [5.74, 6) is 0.363. The minimum Gasteiger partial charge on any atom is -0.493 e. The van der Waals surface area contributed by atoms with Crippen LogP contribution in [0.3, 0.4) is 0 Å². The zero-order valence-electron chi connectivity index (χ0n) is 13.8. The second-order valence-electron chi connectivity index (χ2n) is 5.47. The molecule has 0 spiro atoms. The maximum atomic E-state index is 12.7. The molecular weight excluding hydrogens is 290 g/mol. The van der Waals surface area contributed by atoms with Crippen molar-refractivity contribution in [2.24, 2.45) is 7.05 Å². The van der Waals surface area contributed by atoms with Crippen LogP contribution in [0.1, 0.15) is 36.6 Å². The van der Waals surface area contributed by atoms with Crippen LogP contribution >= 0.6 is 0 Å². The Labute approximate surface area is 137 Å². The highest BCUT2D eigenvalue weighted by molar-refractivity contribution is 5.84. The van der Waals surface area contributed by atoms with Gasteiger partial charge in [0.05, 0.1) is 25.3 Å². The van der Waals surface area contributed by atoms with Crippen molar-refractivity contribution in [2.45, 2.75) is 25.3 Å². The molecule has 1 N–H and O–H groups in total. The van der Waals surface area contributed by atoms with E-state index in [4.69, 9.17) is 4.74 Å². The van der Waals surface area contributed by atoms with Crippen LogP contribution in [0.2, 0.25) is 0 Å². The van der Waals surface area contributed by atoms with Crippen molar-refractivity contribution in [1.82, 2.24) is 15.1 Å². The van der Waals surface area contributed by atoms with Crippen LogP contribution in [0.15, 0.2) is 49.2 Å². The first-order valence-corrected chi connectivity index (χ1v) is 7.60. The third kappa shape index (κ3) is 4.00. The van der Waals surface area contributed by atoms with Gasteiger partial charge in [-0.25, -0.2) is 0 Å². The molecule has 0 bridgehead atoms. The lowest BCUT2D eigenvalue weighted by molar-refractivity contribution is -0.123. The molecule has 0 aliphatic heterocycles. The summed E-state index contributed by atoms with van der Waals surface area (Å²) in [4.78, 5) is 12.7. The Hall–Kier alpha value is -2.56. The molecule has 0 aliphatic carbocycles. The van der Waals surface area contributed by atoms with E-state index in [0.717, 1.165) is 5.56 Å². The van der Waals surface area contributed by atoms with E-state index < -0.39 is 0 Å². The molecule has 23 heavy (non-hydrogen) atoms. The van der Waals surface area contributed by atoms with Gasteiger partial charge in [-0.2, -0.15) is 5.10 Å². The first-order valence-electron chi connectivity index (χ1n) is 7.60. The van der Waals surface area contributed by atoms with Crippen LogP contribution in [-0.4, -0.2) is 22.8 Å². The number of nitrogens with zero attached hydrogens (tertiary/aromatic N) is 2. The Balaban J connectivity index is 2.16. The number of allylic oxidation sites excluding steroid dienone is 1. The Bertz CT molecular complexity index is 664. The van der Waals surface area contributed by atoms with E-state index in [-0.39, 0.29) is 17.9 Å². The summed E-state index contributed by atoms with van der Waals surface area (Å²) in [6, 6.07) is 9.48. The molecule has 0 saturated carbocycles. The second kappa shape index (κ2) is 7.63. The van der Waals surface area contributed by atoms with Crippen molar-refractivity contribution in [1.29, 1.82) is 0 Å². The van der Waals surface area contributed by atoms with E-state index in [9.17, 15) is 4.79 Å². The van der Waals surface area contributed by atoms with Crippen LogP contribution in [0.5, 0.6) is 5.75 Å². The minimum atomic E-state index is -0.258. The number of hydrogen-bond donors (Lipinski definition) is 1. The third-order valence-electron chi connectivity index (χ3n) is 3.73. The van der Waals surface area contributed by atoms with Crippen molar-refractivity contribution >= 4 is 5.91 Å². The maximum Gasteiger partial charge on any atom is 0.228 e. The molecule has 1 aromatic carbocycles. The number of ether oxygens (including phenoxy) is 1. The number of aromatic nitrogens is 2. The fraction of sp³-hybridized carbons (Fsp3) is 0.333. The van der Waals surface area contributed by atoms with Gasteiger partial charge in [-0.1, -0.05) is 36.4 Å². The Morgan fingerprint density at radius 2 is 2.13 bits per heavy atom. The molecule has 0 radical (unpaired) electrons. The minimum absolute atomic E-state index is 0.0451. The van der Waals surface area contributed by atoms with E-state index in [0.29, 0.717) is 17.9 Å². The summed E-state index contributed by atoms with van der Waals surface area (Å²) in [5, 5.41) is 7.39. The number of carbonyl (C=O) groups excluding carboxylic acids is 1. The van der Waals surface area contributed by atoms with Gasteiger partial charge >= 0.3 is 0 Å². The molecule has 2 aromatic rings. The lowest BCUT2D eigenvalue weighted by atomic mass is 9.94. The molecular formula is C18H23N3O2. The SMILES string of the molecule is C=CCC(C(=O)NC(C)c1nn(C)cc1OC)c1ccccc1. The topological polar surface area (TPSA) is 56.2 Å². The van der Waals surface area contributed by atoms with Crippen molar-refractivity contribution in [3.63, 3.8) is 0 Å². The predicted octanol–water partition coefficient (Wildman–Crippen LogP) is 2.97. The van der Waals surface area contributed by atoms with Crippen LogP contribution in [0, 0.1) is 0 Å². The van der Waals surface area contributed by atoms with Crippen molar-refractivity contribution in [2.75, 3.05) is 7.11 Å². The fourth-order valence-electron chi connectivity index (χ4n) is 2.57. The van der Waals surface area contributed by atoms with E-state index in [1.807, 2.05) is 44.3 Å². The van der Waals surface area contributed by atoms with Crippen LogP contribution in [-0.2, 0) is 11.8 Å². The van der Waals surface area contributed by atoms with Crippen molar-refractivity contribution < 1.29 is 9.53 Å². The zero-order valence-corrected chi connectivity index (χ0v) is 13.8. The molecule has 2 rings (SSSR count). The highest BCUT2D eigenvalue weighted by Gasteiger charge is 2.23. The van der Waals surface area contributed by atoms with Gasteiger partial charge in [0.25, 0.3) is 0 Å². The summed E-state index contributed by atoms with van der Waals surface area (Å²) >= 11 is 0. The van der Waals surface area contributed by atoms with Crippen LogP contribution in [0.25, 0.3) is 0 Å². The number of rotatable bonds is 7. The molecule has 1 amide bonds. The van der Waals surface area contributed by atoms with E-state index in [1.165, 1.54) is 0 Å². The lowest BCUT2D eigenvalue weighted by Crippen LogP contribution is -2.32. The number of benzene rings is 1. The highest BCUT2D eigenvalue weighted by atomic mass is 16.5. The Kier molecular flexibility index (Phi) is 5.57. The van der Waals surface area contributed by atoms with Gasteiger partial charge in [-0.15, -0.1) is 6.58 Å². The maximum absolute atomic E-state index is 12.7. The molecule has 5 nitrogen and oxygen atoms in total. The third-order valence-corrected chi connectivity index (χ3v) is 3.73. The number of carbonyl (C=O) groups is 1. The molecule has 2 atom stereocenters. The van der Waals surface area contributed by atoms with Crippen molar-refractivity contribution in [3.8, 4) is 5.75 Å². The molecule has 0 aliphatic rings. The van der Waals surface area contributed by atoms with E-state index >= 15 is 0 Å². The molecule has 5 heteroatoms. The Morgan fingerprint density at radius 3 is 2.74 bits per heavy atom. The summed E-state index contributed by atoms with van der Waals surface area (Å²) in [5.41, 5.74) is 1.69. The summed E-state index contributed by atoms with van der Waals surface area (Å²) in [6.45, 7) is 5.66. The lowest BCUT2D eigenvalue weighted by Gasteiger charge is -2.19. The fourth-order valence-corrected chi connectivity index (χ4v) is 2.57. The second-order valence-corrected chi connectivity index (χ2v) is 5.47.